The molecule has 1 fully saturated rings. The van der Waals surface area contributed by atoms with Gasteiger partial charge in [-0.05, 0) is 43.3 Å². The average molecular weight is 403 g/mol. The molecule has 152 valence electrons. The number of aryl methyl sites for hydroxylation is 1. The second kappa shape index (κ2) is 7.18. The molecule has 1 aliphatic rings. The monoisotopic (exact) mass is 403 g/mol. The van der Waals surface area contributed by atoms with Crippen molar-refractivity contribution in [2.24, 2.45) is 0 Å². The fraction of sp³-hybridized carbons (Fsp3) is 0.238. The number of benzene rings is 1. The minimum Gasteiger partial charge on any atom is -0.508 e. The van der Waals surface area contributed by atoms with E-state index in [2.05, 4.69) is 24.8 Å². The van der Waals surface area contributed by atoms with Crippen LogP contribution in [0, 0.1) is 6.92 Å². The number of fused-ring (bicyclic) bond motifs is 1. The van der Waals surface area contributed by atoms with Crippen molar-refractivity contribution in [2.75, 3.05) is 36.0 Å². The van der Waals surface area contributed by atoms with E-state index in [0.29, 0.717) is 22.8 Å². The molecule has 0 bridgehead atoms. The highest BCUT2D eigenvalue weighted by Crippen LogP contribution is 2.23. The van der Waals surface area contributed by atoms with Crippen molar-refractivity contribution in [1.29, 1.82) is 0 Å². The minimum absolute atomic E-state index is 0.197. The predicted molar refractivity (Wildman–Crippen MR) is 115 cm³/mol. The zero-order valence-corrected chi connectivity index (χ0v) is 16.5. The number of phenolic OH excluding ortho intramolecular Hbond substituents is 1. The molecule has 2 N–H and O–H groups in total. The molecule has 5 rings (SSSR count). The van der Waals surface area contributed by atoms with E-state index in [1.54, 1.807) is 41.4 Å². The van der Waals surface area contributed by atoms with Crippen molar-refractivity contribution in [1.82, 2.24) is 24.5 Å². The predicted octanol–water partition coefficient (Wildman–Crippen LogP) is 1.84. The molecule has 4 aromatic rings. The number of aromatic amines is 1. The van der Waals surface area contributed by atoms with Crippen LogP contribution in [-0.4, -0.2) is 55.8 Å². The summed E-state index contributed by atoms with van der Waals surface area (Å²) in [6.07, 6.45) is 3.22. The molecule has 0 saturated carbocycles. The minimum atomic E-state index is -0.197. The SMILES string of the molecule is Cc1nc(N2CCN(c3ccc(O)cc3)CC2)nc2c1ncn2-c1ccc[nH]c1=O. The number of hydrogen-bond donors (Lipinski definition) is 2. The molecule has 9 nitrogen and oxygen atoms in total. The first-order valence-corrected chi connectivity index (χ1v) is 9.79. The van der Waals surface area contributed by atoms with E-state index in [1.807, 2.05) is 19.1 Å². The second-order valence-electron chi connectivity index (χ2n) is 7.27. The Bertz CT molecular complexity index is 1250. The lowest BCUT2D eigenvalue weighted by Crippen LogP contribution is -2.47. The van der Waals surface area contributed by atoms with Crippen LogP contribution in [0.3, 0.4) is 0 Å². The Hall–Kier alpha value is -3.88. The van der Waals surface area contributed by atoms with Gasteiger partial charge in [0, 0.05) is 38.1 Å². The maximum atomic E-state index is 12.2. The van der Waals surface area contributed by atoms with Gasteiger partial charge in [0.2, 0.25) is 5.95 Å². The molecule has 0 spiro atoms. The summed E-state index contributed by atoms with van der Waals surface area (Å²) in [6.45, 7) is 5.09. The van der Waals surface area contributed by atoms with Gasteiger partial charge in [-0.15, -0.1) is 0 Å². The molecule has 0 atom stereocenters. The number of H-pyrrole nitrogens is 1. The molecule has 9 heteroatoms. The molecule has 0 aliphatic carbocycles. The van der Waals surface area contributed by atoms with Gasteiger partial charge in [-0.2, -0.15) is 4.98 Å². The van der Waals surface area contributed by atoms with E-state index in [1.165, 1.54) is 0 Å². The van der Waals surface area contributed by atoms with E-state index in [4.69, 9.17) is 4.98 Å². The molecule has 4 heterocycles. The maximum absolute atomic E-state index is 12.2. The molecular formula is C21H21N7O2. The van der Waals surface area contributed by atoms with E-state index in [-0.39, 0.29) is 11.3 Å². The Balaban J connectivity index is 1.44. The van der Waals surface area contributed by atoms with Gasteiger partial charge in [0.05, 0.1) is 5.69 Å². The van der Waals surface area contributed by atoms with Gasteiger partial charge in [-0.1, -0.05) is 0 Å². The zero-order chi connectivity index (χ0) is 20.7. The third kappa shape index (κ3) is 3.14. The van der Waals surface area contributed by atoms with Crippen LogP contribution in [0.5, 0.6) is 5.75 Å². The lowest BCUT2D eigenvalue weighted by molar-refractivity contribution is 0.475. The topological polar surface area (TPSA) is 103 Å². The molecule has 30 heavy (non-hydrogen) atoms. The quantitative estimate of drug-likeness (QED) is 0.538. The number of nitrogens with one attached hydrogen (secondary N) is 1. The van der Waals surface area contributed by atoms with Gasteiger partial charge in [0.1, 0.15) is 23.3 Å². The Morgan fingerprint density at radius 1 is 1.00 bits per heavy atom. The van der Waals surface area contributed by atoms with E-state index >= 15 is 0 Å². The Morgan fingerprint density at radius 2 is 1.73 bits per heavy atom. The first kappa shape index (κ1) is 18.2. The van der Waals surface area contributed by atoms with Crippen LogP contribution in [0.1, 0.15) is 5.69 Å². The molecule has 3 aromatic heterocycles. The molecule has 1 aliphatic heterocycles. The molecule has 0 radical (unpaired) electrons. The largest absolute Gasteiger partial charge is 0.508 e. The lowest BCUT2D eigenvalue weighted by Gasteiger charge is -2.36. The summed E-state index contributed by atoms with van der Waals surface area (Å²) in [5.74, 6) is 0.905. The van der Waals surface area contributed by atoms with E-state index in [9.17, 15) is 9.90 Å². The van der Waals surface area contributed by atoms with Gasteiger partial charge >= 0.3 is 0 Å². The zero-order valence-electron chi connectivity index (χ0n) is 16.5. The summed E-state index contributed by atoms with van der Waals surface area (Å²) in [6, 6.07) is 10.8. The van der Waals surface area contributed by atoms with Crippen molar-refractivity contribution in [3.05, 3.63) is 65.0 Å². The first-order valence-electron chi connectivity index (χ1n) is 9.79. The summed E-state index contributed by atoms with van der Waals surface area (Å²) in [5.41, 5.74) is 3.45. The van der Waals surface area contributed by atoms with Crippen LogP contribution >= 0.6 is 0 Å². The van der Waals surface area contributed by atoms with Crippen molar-refractivity contribution in [2.45, 2.75) is 6.92 Å². The lowest BCUT2D eigenvalue weighted by atomic mass is 10.2. The number of nitrogens with zero attached hydrogens (tertiary/aromatic N) is 6. The Labute approximate surface area is 172 Å². The normalized spacial score (nSPS) is 14.4. The third-order valence-corrected chi connectivity index (χ3v) is 5.39. The van der Waals surface area contributed by atoms with Gasteiger partial charge in [-0.3, -0.25) is 9.36 Å². The highest BCUT2D eigenvalue weighted by atomic mass is 16.3. The molecule has 1 aromatic carbocycles. The summed E-state index contributed by atoms with van der Waals surface area (Å²) in [7, 11) is 0. The van der Waals surface area contributed by atoms with Gasteiger partial charge in [0.25, 0.3) is 5.56 Å². The van der Waals surface area contributed by atoms with E-state index in [0.717, 1.165) is 37.6 Å². The molecule has 0 unspecified atom stereocenters. The van der Waals surface area contributed by atoms with Crippen LogP contribution in [0.2, 0.25) is 0 Å². The van der Waals surface area contributed by atoms with Gasteiger partial charge in [0.15, 0.2) is 5.65 Å². The van der Waals surface area contributed by atoms with Crippen LogP contribution in [0.4, 0.5) is 11.6 Å². The fourth-order valence-corrected chi connectivity index (χ4v) is 3.77. The molecular weight excluding hydrogens is 382 g/mol. The van der Waals surface area contributed by atoms with Gasteiger partial charge < -0.3 is 19.9 Å². The van der Waals surface area contributed by atoms with Crippen LogP contribution in [0.15, 0.2) is 53.7 Å². The van der Waals surface area contributed by atoms with Crippen molar-refractivity contribution in [3.8, 4) is 11.4 Å². The number of imidazole rings is 1. The second-order valence-corrected chi connectivity index (χ2v) is 7.27. The highest BCUT2D eigenvalue weighted by Gasteiger charge is 2.22. The van der Waals surface area contributed by atoms with Crippen molar-refractivity contribution in [3.63, 3.8) is 0 Å². The van der Waals surface area contributed by atoms with Crippen LogP contribution in [-0.2, 0) is 0 Å². The number of aromatic hydroxyl groups is 1. The number of hydrogen-bond acceptors (Lipinski definition) is 7. The standard InChI is InChI=1S/C21H21N7O2/c1-14-18-19(28(13-23-18)17-3-2-8-22-20(17)30)25-21(24-14)27-11-9-26(10-12-27)15-4-6-16(29)7-5-15/h2-8,13,29H,9-12H2,1H3,(H,22,30). The van der Waals surface area contributed by atoms with Gasteiger partial charge in [-0.25, -0.2) is 9.97 Å². The van der Waals surface area contributed by atoms with Crippen molar-refractivity contribution >= 4 is 22.8 Å². The Kier molecular flexibility index (Phi) is 4.35. The van der Waals surface area contributed by atoms with Crippen LogP contribution < -0.4 is 15.4 Å². The highest BCUT2D eigenvalue weighted by molar-refractivity contribution is 5.76. The van der Waals surface area contributed by atoms with Crippen LogP contribution in [0.25, 0.3) is 16.9 Å². The summed E-state index contributed by atoms with van der Waals surface area (Å²) in [4.78, 5) is 33.2. The number of aromatic nitrogens is 5. The molecule has 1 saturated heterocycles. The number of piperazine rings is 1. The number of phenols is 1. The fourth-order valence-electron chi connectivity index (χ4n) is 3.77. The third-order valence-electron chi connectivity index (χ3n) is 5.39. The summed E-state index contributed by atoms with van der Waals surface area (Å²) < 4.78 is 1.71. The average Bonchev–Trinajstić information content (AvgIpc) is 3.19. The number of rotatable bonds is 3. The number of pyridine rings is 1. The summed E-state index contributed by atoms with van der Waals surface area (Å²) >= 11 is 0. The smallest absolute Gasteiger partial charge is 0.272 e. The molecule has 0 amide bonds. The summed E-state index contributed by atoms with van der Waals surface area (Å²) in [5, 5.41) is 9.49. The Morgan fingerprint density at radius 3 is 2.47 bits per heavy atom. The van der Waals surface area contributed by atoms with Crippen molar-refractivity contribution < 1.29 is 5.11 Å². The first-order chi connectivity index (χ1) is 14.6. The number of anilines is 2. The van der Waals surface area contributed by atoms with E-state index < -0.39 is 0 Å². The maximum Gasteiger partial charge on any atom is 0.272 e.